The van der Waals surface area contributed by atoms with Gasteiger partial charge in [0, 0.05) is 13.1 Å². The normalized spacial score (nSPS) is 11.5. The SMILES string of the molecule is CCCCN(Cc1ccco1)C(=O)c1c(C)oc2ncn(CC(C)C)c(=O)c12. The average Bonchev–Trinajstić information content (AvgIpc) is 3.27. The molecule has 3 aromatic heterocycles. The summed E-state index contributed by atoms with van der Waals surface area (Å²) < 4.78 is 12.6. The minimum absolute atomic E-state index is 0.208. The minimum atomic E-state index is -0.243. The van der Waals surface area contributed by atoms with Crippen LogP contribution in [0, 0.1) is 12.8 Å². The molecule has 150 valence electrons. The number of nitrogens with zero attached hydrogens (tertiary/aromatic N) is 3. The van der Waals surface area contributed by atoms with E-state index < -0.39 is 0 Å². The Kier molecular flexibility index (Phi) is 6.02. The van der Waals surface area contributed by atoms with Crippen LogP contribution in [0.15, 0.2) is 38.4 Å². The van der Waals surface area contributed by atoms with Gasteiger partial charge in [-0.1, -0.05) is 27.2 Å². The lowest BCUT2D eigenvalue weighted by Crippen LogP contribution is -2.33. The third-order valence-electron chi connectivity index (χ3n) is 4.63. The third kappa shape index (κ3) is 4.03. The Morgan fingerprint density at radius 1 is 1.36 bits per heavy atom. The molecule has 3 aromatic rings. The standard InChI is InChI=1S/C21H27N3O4/c1-5-6-9-23(12-16-8-7-10-27-16)20(25)17-15(4)28-19-18(17)21(26)24(13-22-19)11-14(2)3/h7-8,10,13-14H,5-6,9,11-12H2,1-4H3. The highest BCUT2D eigenvalue weighted by molar-refractivity contribution is 6.06. The zero-order chi connectivity index (χ0) is 20.3. The topological polar surface area (TPSA) is 81.5 Å². The molecular formula is C21H27N3O4. The molecule has 0 aliphatic heterocycles. The lowest BCUT2D eigenvalue weighted by atomic mass is 10.1. The van der Waals surface area contributed by atoms with Gasteiger partial charge in [0.1, 0.15) is 23.2 Å². The Morgan fingerprint density at radius 2 is 2.14 bits per heavy atom. The first-order valence-corrected chi connectivity index (χ1v) is 9.72. The van der Waals surface area contributed by atoms with Gasteiger partial charge in [0.2, 0.25) is 5.71 Å². The van der Waals surface area contributed by atoms with Crippen LogP contribution in [0.3, 0.4) is 0 Å². The van der Waals surface area contributed by atoms with Crippen LogP contribution in [0.25, 0.3) is 11.1 Å². The van der Waals surface area contributed by atoms with Crippen LogP contribution in [0.5, 0.6) is 0 Å². The van der Waals surface area contributed by atoms with E-state index in [4.69, 9.17) is 8.83 Å². The van der Waals surface area contributed by atoms with E-state index in [2.05, 4.69) is 11.9 Å². The summed E-state index contributed by atoms with van der Waals surface area (Å²) in [5.41, 5.74) is 0.264. The fraction of sp³-hybridized carbons (Fsp3) is 0.476. The third-order valence-corrected chi connectivity index (χ3v) is 4.63. The largest absolute Gasteiger partial charge is 0.467 e. The summed E-state index contributed by atoms with van der Waals surface area (Å²) in [6.45, 7) is 9.28. The molecular weight excluding hydrogens is 358 g/mol. The Morgan fingerprint density at radius 3 is 2.79 bits per heavy atom. The predicted octanol–water partition coefficient (Wildman–Crippen LogP) is 3.99. The van der Waals surface area contributed by atoms with Crippen LogP contribution in [-0.2, 0) is 13.1 Å². The lowest BCUT2D eigenvalue weighted by Gasteiger charge is -2.21. The Bertz CT molecular complexity index is 999. The molecule has 0 N–H and O–H groups in total. The van der Waals surface area contributed by atoms with E-state index in [1.807, 2.05) is 19.9 Å². The molecule has 0 aromatic carbocycles. The zero-order valence-corrected chi connectivity index (χ0v) is 16.9. The molecule has 0 fully saturated rings. The van der Waals surface area contributed by atoms with Crippen LogP contribution in [0.4, 0.5) is 0 Å². The first-order valence-electron chi connectivity index (χ1n) is 9.72. The minimum Gasteiger partial charge on any atom is -0.467 e. The highest BCUT2D eigenvalue weighted by Gasteiger charge is 2.27. The molecule has 0 saturated carbocycles. The van der Waals surface area contributed by atoms with E-state index in [9.17, 15) is 9.59 Å². The van der Waals surface area contributed by atoms with Crippen molar-refractivity contribution in [3.05, 3.63) is 52.2 Å². The fourth-order valence-electron chi connectivity index (χ4n) is 3.27. The molecule has 1 amide bonds. The van der Waals surface area contributed by atoms with Crippen molar-refractivity contribution >= 4 is 17.0 Å². The van der Waals surface area contributed by atoms with Crippen molar-refractivity contribution in [2.24, 2.45) is 5.92 Å². The van der Waals surface area contributed by atoms with Crippen LogP contribution < -0.4 is 5.56 Å². The first-order chi connectivity index (χ1) is 13.4. The number of furan rings is 2. The van der Waals surface area contributed by atoms with Gasteiger partial charge in [0.15, 0.2) is 0 Å². The van der Waals surface area contributed by atoms with Gasteiger partial charge < -0.3 is 13.7 Å². The number of rotatable bonds is 8. The van der Waals surface area contributed by atoms with E-state index >= 15 is 0 Å². The van der Waals surface area contributed by atoms with Crippen molar-refractivity contribution in [2.75, 3.05) is 6.54 Å². The molecule has 7 nitrogen and oxygen atoms in total. The second-order valence-electron chi connectivity index (χ2n) is 7.47. The summed E-state index contributed by atoms with van der Waals surface area (Å²) >= 11 is 0. The zero-order valence-electron chi connectivity index (χ0n) is 16.9. The number of fused-ring (bicyclic) bond motifs is 1. The first kappa shape index (κ1) is 19.9. The van der Waals surface area contributed by atoms with Gasteiger partial charge in [-0.15, -0.1) is 0 Å². The molecule has 0 saturated heterocycles. The van der Waals surface area contributed by atoms with Gasteiger partial charge in [-0.2, -0.15) is 0 Å². The highest BCUT2D eigenvalue weighted by Crippen LogP contribution is 2.24. The Balaban J connectivity index is 2.04. The van der Waals surface area contributed by atoms with Crippen molar-refractivity contribution in [2.45, 2.75) is 53.6 Å². The molecule has 0 bridgehead atoms. The molecule has 0 atom stereocenters. The van der Waals surface area contributed by atoms with Gasteiger partial charge in [-0.05, 0) is 31.4 Å². The smallest absolute Gasteiger partial charge is 0.265 e. The second kappa shape index (κ2) is 8.46. The van der Waals surface area contributed by atoms with Gasteiger partial charge in [0.05, 0.1) is 18.4 Å². The summed E-state index contributed by atoms with van der Waals surface area (Å²) in [7, 11) is 0. The van der Waals surface area contributed by atoms with E-state index in [0.29, 0.717) is 36.7 Å². The fourth-order valence-corrected chi connectivity index (χ4v) is 3.27. The quantitative estimate of drug-likeness (QED) is 0.586. The number of carbonyl (C=O) groups is 1. The molecule has 3 heterocycles. The number of carbonyl (C=O) groups excluding carboxylic acids is 1. The number of amides is 1. The highest BCUT2D eigenvalue weighted by atomic mass is 16.3. The molecule has 0 aliphatic rings. The maximum atomic E-state index is 13.4. The molecule has 0 aliphatic carbocycles. The number of aryl methyl sites for hydroxylation is 1. The molecule has 28 heavy (non-hydrogen) atoms. The number of hydrogen-bond acceptors (Lipinski definition) is 5. The van der Waals surface area contributed by atoms with Gasteiger partial charge >= 0.3 is 0 Å². The Labute approximate surface area is 164 Å². The summed E-state index contributed by atoms with van der Waals surface area (Å²) in [5.74, 6) is 1.16. The molecule has 0 radical (unpaired) electrons. The van der Waals surface area contributed by atoms with Crippen LogP contribution in [0.2, 0.25) is 0 Å². The lowest BCUT2D eigenvalue weighted by molar-refractivity contribution is 0.0729. The number of hydrogen-bond donors (Lipinski definition) is 0. The molecule has 7 heteroatoms. The average molecular weight is 385 g/mol. The molecule has 0 spiro atoms. The summed E-state index contributed by atoms with van der Waals surface area (Å²) in [4.78, 5) is 32.4. The van der Waals surface area contributed by atoms with Crippen molar-refractivity contribution in [3.63, 3.8) is 0 Å². The summed E-state index contributed by atoms with van der Waals surface area (Å²) in [6, 6.07) is 3.63. The maximum Gasteiger partial charge on any atom is 0.265 e. The number of unbranched alkanes of at least 4 members (excludes halogenated alkanes) is 1. The monoisotopic (exact) mass is 385 g/mol. The van der Waals surface area contributed by atoms with Gasteiger partial charge in [-0.25, -0.2) is 4.98 Å². The summed E-state index contributed by atoms with van der Waals surface area (Å²) in [5, 5.41) is 0.256. The van der Waals surface area contributed by atoms with E-state index in [1.165, 1.54) is 6.33 Å². The van der Waals surface area contributed by atoms with Crippen molar-refractivity contribution in [1.82, 2.24) is 14.5 Å². The molecule has 3 rings (SSSR count). The number of aromatic nitrogens is 2. The van der Waals surface area contributed by atoms with Crippen LogP contribution in [-0.4, -0.2) is 26.9 Å². The maximum absolute atomic E-state index is 13.4. The van der Waals surface area contributed by atoms with E-state index in [-0.39, 0.29) is 28.5 Å². The van der Waals surface area contributed by atoms with Crippen molar-refractivity contribution in [3.8, 4) is 0 Å². The van der Waals surface area contributed by atoms with Crippen molar-refractivity contribution in [1.29, 1.82) is 0 Å². The van der Waals surface area contributed by atoms with E-state index in [1.54, 1.807) is 28.7 Å². The van der Waals surface area contributed by atoms with Crippen LogP contribution >= 0.6 is 0 Å². The molecule has 0 unspecified atom stereocenters. The van der Waals surface area contributed by atoms with Gasteiger partial charge in [0.25, 0.3) is 11.5 Å². The summed E-state index contributed by atoms with van der Waals surface area (Å²) in [6.07, 6.45) is 4.89. The Hall–Kier alpha value is -2.83. The van der Waals surface area contributed by atoms with Crippen LogP contribution in [0.1, 0.15) is 55.5 Å². The second-order valence-corrected chi connectivity index (χ2v) is 7.47. The van der Waals surface area contributed by atoms with Gasteiger partial charge in [-0.3, -0.25) is 14.2 Å². The van der Waals surface area contributed by atoms with Crippen molar-refractivity contribution < 1.29 is 13.6 Å². The van der Waals surface area contributed by atoms with E-state index in [0.717, 1.165) is 12.8 Å². The predicted molar refractivity (Wildman–Crippen MR) is 106 cm³/mol.